The summed E-state index contributed by atoms with van der Waals surface area (Å²) in [7, 11) is 0. The number of aliphatic hydroxyl groups is 1. The predicted molar refractivity (Wildman–Crippen MR) is 67.1 cm³/mol. The van der Waals surface area contributed by atoms with E-state index in [0.717, 1.165) is 16.2 Å². The molecule has 2 nitrogen and oxygen atoms in total. The minimum Gasteiger partial charge on any atom is -0.384 e. The van der Waals surface area contributed by atoms with E-state index in [4.69, 9.17) is 0 Å². The Morgan fingerprint density at radius 1 is 1.35 bits per heavy atom. The van der Waals surface area contributed by atoms with Crippen molar-refractivity contribution in [1.82, 2.24) is 4.98 Å². The molecule has 0 saturated carbocycles. The molecule has 17 heavy (non-hydrogen) atoms. The molecule has 1 aromatic heterocycles. The first-order valence-electron chi connectivity index (χ1n) is 5.12. The lowest BCUT2D eigenvalue weighted by Gasteiger charge is -2.13. The maximum absolute atomic E-state index is 13.5. The molecule has 2 aromatic rings. The molecular formula is C13H11BrFNO. The maximum atomic E-state index is 13.5. The van der Waals surface area contributed by atoms with Crippen molar-refractivity contribution in [1.29, 1.82) is 0 Å². The third-order valence-corrected chi connectivity index (χ3v) is 2.94. The highest BCUT2D eigenvalue weighted by Gasteiger charge is 2.15. The van der Waals surface area contributed by atoms with E-state index < -0.39 is 11.9 Å². The lowest BCUT2D eigenvalue weighted by atomic mass is 10.0. The molecule has 0 saturated heterocycles. The van der Waals surface area contributed by atoms with Crippen LogP contribution >= 0.6 is 15.9 Å². The van der Waals surface area contributed by atoms with Crippen LogP contribution in [0.5, 0.6) is 0 Å². The summed E-state index contributed by atoms with van der Waals surface area (Å²) >= 11 is 3.36. The van der Waals surface area contributed by atoms with Crippen LogP contribution in [-0.4, -0.2) is 10.1 Å². The van der Waals surface area contributed by atoms with Crippen molar-refractivity contribution in [3.05, 3.63) is 63.6 Å². The summed E-state index contributed by atoms with van der Waals surface area (Å²) in [6.07, 6.45) is 1.59. The summed E-state index contributed by atoms with van der Waals surface area (Å²) in [4.78, 5) is 3.66. The van der Waals surface area contributed by atoms with E-state index in [-0.39, 0.29) is 5.56 Å². The monoisotopic (exact) mass is 295 g/mol. The first-order chi connectivity index (χ1) is 8.08. The molecule has 88 valence electrons. The molecule has 4 heteroatoms. The van der Waals surface area contributed by atoms with Gasteiger partial charge in [-0.1, -0.05) is 22.0 Å². The quantitative estimate of drug-likeness (QED) is 0.921. The van der Waals surface area contributed by atoms with Gasteiger partial charge in [-0.25, -0.2) is 4.39 Å². The van der Waals surface area contributed by atoms with E-state index in [1.165, 1.54) is 12.3 Å². The average Bonchev–Trinajstić information content (AvgIpc) is 2.27. The number of aryl methyl sites for hydroxylation is 1. The number of hydrogen-bond donors (Lipinski definition) is 1. The summed E-state index contributed by atoms with van der Waals surface area (Å²) in [6, 6.07) is 7.02. The van der Waals surface area contributed by atoms with Gasteiger partial charge in [0.1, 0.15) is 11.9 Å². The van der Waals surface area contributed by atoms with Crippen molar-refractivity contribution in [3.8, 4) is 0 Å². The topological polar surface area (TPSA) is 33.1 Å². The Morgan fingerprint density at radius 3 is 2.76 bits per heavy atom. The lowest BCUT2D eigenvalue weighted by Crippen LogP contribution is -2.03. The Hall–Kier alpha value is -1.26. The van der Waals surface area contributed by atoms with Crippen LogP contribution in [0.2, 0.25) is 0 Å². The molecule has 2 rings (SSSR count). The van der Waals surface area contributed by atoms with E-state index in [9.17, 15) is 9.50 Å². The minimum absolute atomic E-state index is 0.234. The number of aromatic nitrogens is 1. The maximum Gasteiger partial charge on any atom is 0.147 e. The Labute approximate surface area is 107 Å². The molecule has 0 fully saturated rings. The van der Waals surface area contributed by atoms with Crippen molar-refractivity contribution in [2.45, 2.75) is 13.0 Å². The Kier molecular flexibility index (Phi) is 3.54. The van der Waals surface area contributed by atoms with E-state index in [1.807, 2.05) is 19.1 Å². The Morgan fingerprint density at radius 2 is 2.12 bits per heavy atom. The summed E-state index contributed by atoms with van der Waals surface area (Å²) in [5.41, 5.74) is 1.89. The second-order valence-corrected chi connectivity index (χ2v) is 4.78. The molecule has 1 unspecified atom stereocenters. The first-order valence-corrected chi connectivity index (χ1v) is 5.92. The van der Waals surface area contributed by atoms with Gasteiger partial charge in [-0.05, 0) is 36.2 Å². The molecule has 0 spiro atoms. The number of nitrogens with zero attached hydrogens (tertiary/aromatic N) is 1. The fourth-order valence-corrected chi connectivity index (χ4v) is 2.34. The van der Waals surface area contributed by atoms with Gasteiger partial charge in [-0.15, -0.1) is 0 Å². The summed E-state index contributed by atoms with van der Waals surface area (Å²) in [5, 5.41) is 10.1. The van der Waals surface area contributed by atoms with Gasteiger partial charge in [0.25, 0.3) is 0 Å². The molecule has 1 atom stereocenters. The second kappa shape index (κ2) is 4.94. The normalized spacial score (nSPS) is 12.5. The van der Waals surface area contributed by atoms with Crippen molar-refractivity contribution in [3.63, 3.8) is 0 Å². The average molecular weight is 296 g/mol. The number of benzene rings is 1. The molecule has 1 heterocycles. The third-order valence-electron chi connectivity index (χ3n) is 2.48. The highest BCUT2D eigenvalue weighted by molar-refractivity contribution is 9.10. The Balaban J connectivity index is 2.43. The smallest absolute Gasteiger partial charge is 0.147 e. The molecular weight excluding hydrogens is 285 g/mol. The fraction of sp³-hybridized carbons (Fsp3) is 0.154. The highest BCUT2D eigenvalue weighted by atomic mass is 79.9. The van der Waals surface area contributed by atoms with Gasteiger partial charge in [-0.2, -0.15) is 0 Å². The van der Waals surface area contributed by atoms with Crippen LogP contribution in [0.3, 0.4) is 0 Å². The lowest BCUT2D eigenvalue weighted by molar-refractivity contribution is 0.214. The van der Waals surface area contributed by atoms with Crippen LogP contribution in [0.15, 0.2) is 41.1 Å². The first kappa shape index (κ1) is 12.2. The van der Waals surface area contributed by atoms with Crippen LogP contribution in [0.1, 0.15) is 22.8 Å². The number of pyridine rings is 1. The van der Waals surface area contributed by atoms with Gasteiger partial charge in [-0.3, -0.25) is 4.98 Å². The minimum atomic E-state index is -0.978. The number of hydrogen-bond acceptors (Lipinski definition) is 2. The van der Waals surface area contributed by atoms with Crippen LogP contribution < -0.4 is 0 Å². The zero-order valence-corrected chi connectivity index (χ0v) is 10.8. The van der Waals surface area contributed by atoms with Crippen molar-refractivity contribution >= 4 is 15.9 Å². The van der Waals surface area contributed by atoms with Crippen LogP contribution in [0.4, 0.5) is 4.39 Å². The van der Waals surface area contributed by atoms with Gasteiger partial charge < -0.3 is 5.11 Å². The molecule has 0 bridgehead atoms. The molecule has 1 N–H and O–H groups in total. The van der Waals surface area contributed by atoms with Crippen LogP contribution in [0, 0.1) is 12.7 Å². The zero-order chi connectivity index (χ0) is 12.4. The van der Waals surface area contributed by atoms with E-state index in [2.05, 4.69) is 20.9 Å². The summed E-state index contributed by atoms with van der Waals surface area (Å²) < 4.78 is 14.4. The molecule has 0 amide bonds. The van der Waals surface area contributed by atoms with Gasteiger partial charge in [0.05, 0.1) is 6.20 Å². The molecule has 0 radical (unpaired) electrons. The van der Waals surface area contributed by atoms with Crippen molar-refractivity contribution in [2.24, 2.45) is 0 Å². The molecule has 1 aromatic carbocycles. The SMILES string of the molecule is Cc1cc(Br)cc(C(O)c2ccncc2F)c1. The molecule has 0 aliphatic heterocycles. The number of aliphatic hydroxyl groups excluding tert-OH is 1. The van der Waals surface area contributed by atoms with Crippen LogP contribution in [0.25, 0.3) is 0 Å². The zero-order valence-electron chi connectivity index (χ0n) is 9.19. The second-order valence-electron chi connectivity index (χ2n) is 3.86. The van der Waals surface area contributed by atoms with Crippen molar-refractivity contribution < 1.29 is 9.50 Å². The number of halogens is 2. The molecule has 0 aliphatic rings. The predicted octanol–water partition coefficient (Wildman–Crippen LogP) is 3.37. The highest BCUT2D eigenvalue weighted by Crippen LogP contribution is 2.26. The number of rotatable bonds is 2. The van der Waals surface area contributed by atoms with E-state index in [1.54, 1.807) is 6.07 Å². The van der Waals surface area contributed by atoms with E-state index in [0.29, 0.717) is 5.56 Å². The molecule has 0 aliphatic carbocycles. The van der Waals surface area contributed by atoms with Gasteiger partial charge in [0, 0.05) is 16.2 Å². The fourth-order valence-electron chi connectivity index (χ4n) is 1.71. The van der Waals surface area contributed by atoms with Gasteiger partial charge in [0.15, 0.2) is 0 Å². The summed E-state index contributed by atoms with van der Waals surface area (Å²) in [6.45, 7) is 1.92. The Bertz CT molecular complexity index is 524. The van der Waals surface area contributed by atoms with Gasteiger partial charge >= 0.3 is 0 Å². The largest absolute Gasteiger partial charge is 0.384 e. The van der Waals surface area contributed by atoms with Crippen LogP contribution in [-0.2, 0) is 0 Å². The third kappa shape index (κ3) is 2.70. The van der Waals surface area contributed by atoms with Crippen molar-refractivity contribution in [2.75, 3.05) is 0 Å². The van der Waals surface area contributed by atoms with E-state index >= 15 is 0 Å². The summed E-state index contributed by atoms with van der Waals surface area (Å²) in [5.74, 6) is -0.502. The standard InChI is InChI=1S/C13H11BrFNO/c1-8-4-9(6-10(14)5-8)13(17)11-2-3-16-7-12(11)15/h2-7,13,17H,1H3. The van der Waals surface area contributed by atoms with Gasteiger partial charge in [0.2, 0.25) is 0 Å².